The zero-order valence-corrected chi connectivity index (χ0v) is 15.6. The fraction of sp³-hybridized carbons (Fsp3) is 0.0909. The van der Waals surface area contributed by atoms with Crippen LogP contribution in [0.4, 0.5) is 0 Å². The molecule has 27 heavy (non-hydrogen) atoms. The van der Waals surface area contributed by atoms with E-state index in [1.807, 2.05) is 42.6 Å². The van der Waals surface area contributed by atoms with E-state index in [0.717, 1.165) is 45.7 Å². The Morgan fingerprint density at radius 3 is 2.70 bits per heavy atom. The van der Waals surface area contributed by atoms with Gasteiger partial charge in [0.2, 0.25) is 0 Å². The Morgan fingerprint density at radius 1 is 1.04 bits per heavy atom. The summed E-state index contributed by atoms with van der Waals surface area (Å²) in [5.41, 5.74) is 4.68. The number of imidazole rings is 1. The molecule has 0 aliphatic heterocycles. The van der Waals surface area contributed by atoms with E-state index in [-0.39, 0.29) is 0 Å². The molecule has 0 aliphatic rings. The number of para-hydroxylation sites is 1. The molecule has 5 aromatic rings. The predicted octanol–water partition coefficient (Wildman–Crippen LogP) is 5.68. The Kier molecular flexibility index (Phi) is 3.94. The van der Waals surface area contributed by atoms with E-state index in [1.54, 1.807) is 11.8 Å². The summed E-state index contributed by atoms with van der Waals surface area (Å²) >= 11 is 1.75. The van der Waals surface area contributed by atoms with Crippen molar-refractivity contribution >= 4 is 33.9 Å². The van der Waals surface area contributed by atoms with Gasteiger partial charge in [-0.2, -0.15) is 0 Å². The normalized spacial score (nSPS) is 11.4. The number of nitrogens with one attached hydrogen (secondary N) is 1. The Hall–Kier alpha value is -3.05. The van der Waals surface area contributed by atoms with Crippen molar-refractivity contribution in [2.45, 2.75) is 11.3 Å². The molecule has 2 aromatic carbocycles. The smallest absolute Gasteiger partial charge is 0.157 e. The van der Waals surface area contributed by atoms with Gasteiger partial charge in [0.1, 0.15) is 22.7 Å². The van der Waals surface area contributed by atoms with Crippen LogP contribution in [0.5, 0.6) is 0 Å². The van der Waals surface area contributed by atoms with Crippen LogP contribution < -0.4 is 0 Å². The first-order valence-corrected chi connectivity index (χ1v) is 9.97. The highest BCUT2D eigenvalue weighted by Gasteiger charge is 2.10. The summed E-state index contributed by atoms with van der Waals surface area (Å²) < 4.78 is 5.95. The third-order valence-electron chi connectivity index (χ3n) is 4.63. The number of hydrogen-bond acceptors (Lipinski definition) is 4. The molecule has 3 aromatic heterocycles. The molecule has 0 fully saturated rings. The van der Waals surface area contributed by atoms with Crippen LogP contribution in [-0.2, 0) is 6.42 Å². The molecule has 0 radical (unpaired) electrons. The number of nitrogens with zero attached hydrogens (tertiary/aromatic N) is 2. The predicted molar refractivity (Wildman–Crippen MR) is 110 cm³/mol. The zero-order chi connectivity index (χ0) is 18.2. The molecule has 0 saturated heterocycles. The van der Waals surface area contributed by atoms with E-state index in [1.165, 1.54) is 10.5 Å². The monoisotopic (exact) mass is 371 g/mol. The van der Waals surface area contributed by atoms with Gasteiger partial charge in [-0.15, -0.1) is 11.8 Å². The minimum Gasteiger partial charge on any atom is -0.456 e. The maximum absolute atomic E-state index is 5.95. The molecule has 0 bridgehead atoms. The minimum absolute atomic E-state index is 0.755. The number of fused-ring (bicyclic) bond motifs is 2. The lowest BCUT2D eigenvalue weighted by Crippen LogP contribution is -1.90. The van der Waals surface area contributed by atoms with Crippen LogP contribution in [0.2, 0.25) is 0 Å². The quantitative estimate of drug-likeness (QED) is 0.413. The topological polar surface area (TPSA) is 54.7 Å². The van der Waals surface area contributed by atoms with Gasteiger partial charge in [-0.3, -0.25) is 0 Å². The third kappa shape index (κ3) is 3.11. The lowest BCUT2D eigenvalue weighted by molar-refractivity contribution is 0.631. The van der Waals surface area contributed by atoms with Crippen molar-refractivity contribution in [3.05, 3.63) is 78.2 Å². The fourth-order valence-electron chi connectivity index (χ4n) is 3.22. The van der Waals surface area contributed by atoms with E-state index in [2.05, 4.69) is 40.5 Å². The molecule has 0 saturated carbocycles. The molecule has 5 heteroatoms. The Morgan fingerprint density at radius 2 is 1.89 bits per heavy atom. The van der Waals surface area contributed by atoms with Crippen molar-refractivity contribution in [3.63, 3.8) is 0 Å². The summed E-state index contributed by atoms with van der Waals surface area (Å²) in [5, 5.41) is 1.09. The highest BCUT2D eigenvalue weighted by molar-refractivity contribution is 7.98. The van der Waals surface area contributed by atoms with E-state index >= 15 is 0 Å². The number of H-pyrrole nitrogens is 1. The van der Waals surface area contributed by atoms with Gasteiger partial charge in [-0.05, 0) is 42.2 Å². The Bertz CT molecular complexity index is 1200. The van der Waals surface area contributed by atoms with E-state index in [4.69, 9.17) is 9.40 Å². The number of benzene rings is 2. The number of furan rings is 1. The molecule has 0 spiro atoms. The fourth-order valence-corrected chi connectivity index (χ4v) is 3.63. The van der Waals surface area contributed by atoms with Gasteiger partial charge < -0.3 is 9.40 Å². The van der Waals surface area contributed by atoms with Gasteiger partial charge in [0.05, 0.1) is 0 Å². The standard InChI is InChI=1S/C22H17N3OS/c1-27-17-8-6-14(7-9-17)10-21-24-18-11-16(13-23-22(18)25-21)20-12-15-4-2-3-5-19(15)26-20/h2-9,11-13H,10H2,1H3,(H,23,24,25). The second-order valence-electron chi connectivity index (χ2n) is 6.45. The highest BCUT2D eigenvalue weighted by Crippen LogP contribution is 2.28. The van der Waals surface area contributed by atoms with Gasteiger partial charge in [-0.25, -0.2) is 9.97 Å². The summed E-state index contributed by atoms with van der Waals surface area (Å²) in [4.78, 5) is 13.8. The molecule has 0 aliphatic carbocycles. The van der Waals surface area contributed by atoms with E-state index in [0.29, 0.717) is 0 Å². The van der Waals surface area contributed by atoms with Crippen LogP contribution in [0.25, 0.3) is 33.5 Å². The number of aromatic amines is 1. The third-order valence-corrected chi connectivity index (χ3v) is 5.37. The molecule has 1 N–H and O–H groups in total. The first-order valence-electron chi connectivity index (χ1n) is 8.75. The summed E-state index contributed by atoms with van der Waals surface area (Å²) in [6.07, 6.45) is 4.67. The molecular formula is C22H17N3OS. The average molecular weight is 371 g/mol. The first kappa shape index (κ1) is 16.1. The number of hydrogen-bond donors (Lipinski definition) is 1. The van der Waals surface area contributed by atoms with Crippen molar-refractivity contribution in [1.82, 2.24) is 15.0 Å². The number of aromatic nitrogens is 3. The summed E-state index contributed by atoms with van der Waals surface area (Å²) in [6.45, 7) is 0. The van der Waals surface area contributed by atoms with Gasteiger partial charge >= 0.3 is 0 Å². The molecule has 3 heterocycles. The average Bonchev–Trinajstić information content (AvgIpc) is 3.31. The maximum Gasteiger partial charge on any atom is 0.157 e. The van der Waals surface area contributed by atoms with Crippen molar-refractivity contribution < 1.29 is 4.42 Å². The Labute approximate surface area is 160 Å². The summed E-state index contributed by atoms with van der Waals surface area (Å²) in [6, 6.07) is 20.6. The van der Waals surface area contributed by atoms with Crippen LogP contribution in [0, 0.1) is 0 Å². The largest absolute Gasteiger partial charge is 0.456 e. The van der Waals surface area contributed by atoms with Crippen LogP contribution in [0.3, 0.4) is 0 Å². The number of thioether (sulfide) groups is 1. The van der Waals surface area contributed by atoms with Gasteiger partial charge in [0.25, 0.3) is 0 Å². The summed E-state index contributed by atoms with van der Waals surface area (Å²) in [5.74, 6) is 1.72. The van der Waals surface area contributed by atoms with Crippen LogP contribution in [0.1, 0.15) is 11.4 Å². The SMILES string of the molecule is CSc1ccc(Cc2nc3cc(-c4cc5ccccc5o4)cnc3[nH]2)cc1. The van der Waals surface area contributed by atoms with Crippen molar-refractivity contribution in [2.24, 2.45) is 0 Å². The van der Waals surface area contributed by atoms with Gasteiger partial charge in [0.15, 0.2) is 5.65 Å². The molecule has 0 atom stereocenters. The zero-order valence-electron chi connectivity index (χ0n) is 14.8. The van der Waals surface area contributed by atoms with Crippen LogP contribution >= 0.6 is 11.8 Å². The second-order valence-corrected chi connectivity index (χ2v) is 7.33. The van der Waals surface area contributed by atoms with Gasteiger partial charge in [-0.1, -0.05) is 30.3 Å². The molecule has 132 valence electrons. The molecule has 0 unspecified atom stereocenters. The number of rotatable bonds is 4. The van der Waals surface area contributed by atoms with Crippen molar-refractivity contribution in [2.75, 3.05) is 6.26 Å². The molecular weight excluding hydrogens is 354 g/mol. The Balaban J connectivity index is 1.47. The van der Waals surface area contributed by atoms with Crippen molar-refractivity contribution in [1.29, 1.82) is 0 Å². The highest BCUT2D eigenvalue weighted by atomic mass is 32.2. The maximum atomic E-state index is 5.95. The second kappa shape index (κ2) is 6.59. The lowest BCUT2D eigenvalue weighted by atomic mass is 10.1. The van der Waals surface area contributed by atoms with Crippen LogP contribution in [0.15, 0.2) is 76.2 Å². The minimum atomic E-state index is 0.755. The van der Waals surface area contributed by atoms with Crippen LogP contribution in [-0.4, -0.2) is 21.2 Å². The first-order chi connectivity index (χ1) is 13.3. The summed E-state index contributed by atoms with van der Waals surface area (Å²) in [7, 11) is 0. The lowest BCUT2D eigenvalue weighted by Gasteiger charge is -2.00. The molecule has 0 amide bonds. The molecule has 5 rings (SSSR count). The van der Waals surface area contributed by atoms with E-state index < -0.39 is 0 Å². The van der Waals surface area contributed by atoms with Gasteiger partial charge in [0, 0.05) is 28.5 Å². The molecule has 4 nitrogen and oxygen atoms in total. The van der Waals surface area contributed by atoms with E-state index in [9.17, 15) is 0 Å². The van der Waals surface area contributed by atoms with Crippen molar-refractivity contribution in [3.8, 4) is 11.3 Å². The number of pyridine rings is 1.